The Hall–Kier alpha value is -2.59. The minimum absolute atomic E-state index is 0.0433. The summed E-state index contributed by atoms with van der Waals surface area (Å²) in [4.78, 5) is 6.38. The van der Waals surface area contributed by atoms with Crippen molar-refractivity contribution in [2.24, 2.45) is 4.99 Å². The van der Waals surface area contributed by atoms with Gasteiger partial charge in [0, 0.05) is 39.3 Å². The smallest absolute Gasteiger partial charge is 0.220 e. The lowest BCUT2D eigenvalue weighted by Crippen LogP contribution is -2.54. The molecule has 1 atom stereocenters. The number of nitrogens with zero attached hydrogens (tertiary/aromatic N) is 4. The van der Waals surface area contributed by atoms with E-state index < -0.39 is 10.0 Å². The first-order valence-corrected chi connectivity index (χ1v) is 11.1. The van der Waals surface area contributed by atoms with Gasteiger partial charge in [-0.25, -0.2) is 8.42 Å². The zero-order valence-corrected chi connectivity index (χ0v) is 17.5. The molecule has 1 fully saturated rings. The highest BCUT2D eigenvalue weighted by Crippen LogP contribution is 2.13. The van der Waals surface area contributed by atoms with Gasteiger partial charge >= 0.3 is 0 Å². The fraction of sp³-hybridized carbons (Fsp3) is 0.474. The Morgan fingerprint density at radius 2 is 1.97 bits per heavy atom. The summed E-state index contributed by atoms with van der Waals surface area (Å²) in [6, 6.07) is 11.2. The summed E-state index contributed by atoms with van der Waals surface area (Å²) in [6.07, 6.45) is 1.33. The molecule has 2 heterocycles. The lowest BCUT2D eigenvalue weighted by Gasteiger charge is -2.36. The van der Waals surface area contributed by atoms with Crippen LogP contribution >= 0.6 is 0 Å². The third-order valence-electron chi connectivity index (χ3n) is 4.59. The number of rotatable bonds is 7. The maximum atomic E-state index is 12.6. The first kappa shape index (κ1) is 21.1. The number of ether oxygens (including phenoxy) is 1. The third kappa shape index (κ3) is 5.94. The Balaban J connectivity index is 1.47. The third-order valence-corrected chi connectivity index (χ3v) is 6.41. The highest BCUT2D eigenvalue weighted by Gasteiger charge is 2.29. The average molecular weight is 422 g/mol. The summed E-state index contributed by atoms with van der Waals surface area (Å²) >= 11 is 0. The summed E-state index contributed by atoms with van der Waals surface area (Å²) in [5, 5.41) is 7.00. The van der Waals surface area contributed by atoms with Crippen molar-refractivity contribution in [3.8, 4) is 5.75 Å². The van der Waals surface area contributed by atoms with Crippen LogP contribution in [0.25, 0.3) is 0 Å². The van der Waals surface area contributed by atoms with E-state index in [1.54, 1.807) is 13.1 Å². The lowest BCUT2D eigenvalue weighted by atomic mass is 10.3. The number of aromatic nitrogens is 1. The largest absolute Gasteiger partial charge is 0.489 e. The van der Waals surface area contributed by atoms with Crippen LogP contribution in [0, 0.1) is 0 Å². The van der Waals surface area contributed by atoms with E-state index in [2.05, 4.69) is 20.4 Å². The van der Waals surface area contributed by atoms with Crippen LogP contribution in [0.2, 0.25) is 0 Å². The number of sulfonamides is 1. The van der Waals surface area contributed by atoms with Crippen LogP contribution < -0.4 is 10.1 Å². The molecule has 0 aliphatic carbocycles. The Labute approximate surface area is 171 Å². The quantitative estimate of drug-likeness (QED) is 0.529. The van der Waals surface area contributed by atoms with Crippen LogP contribution in [0.4, 0.5) is 0 Å². The molecule has 158 valence electrons. The van der Waals surface area contributed by atoms with Crippen molar-refractivity contribution >= 4 is 16.0 Å². The summed E-state index contributed by atoms with van der Waals surface area (Å²) in [6.45, 7) is 4.50. The van der Waals surface area contributed by atoms with Gasteiger partial charge in [0.2, 0.25) is 10.0 Å². The number of hydrogen-bond donors (Lipinski definition) is 1. The Morgan fingerprint density at radius 1 is 1.24 bits per heavy atom. The highest BCUT2D eigenvalue weighted by molar-refractivity contribution is 7.88. The molecule has 0 radical (unpaired) electrons. The summed E-state index contributed by atoms with van der Waals surface area (Å²) in [7, 11) is -1.70. The molecule has 3 rings (SSSR count). The monoisotopic (exact) mass is 421 g/mol. The molecule has 0 amide bonds. The van der Waals surface area contributed by atoms with E-state index in [-0.39, 0.29) is 11.9 Å². The maximum Gasteiger partial charge on any atom is 0.220 e. The number of hydrogen-bond acceptors (Lipinski definition) is 6. The molecule has 1 aromatic carbocycles. The van der Waals surface area contributed by atoms with E-state index in [0.29, 0.717) is 38.4 Å². The summed E-state index contributed by atoms with van der Waals surface area (Å²) < 4.78 is 37.2. The number of guanidine groups is 1. The minimum atomic E-state index is -3.42. The van der Waals surface area contributed by atoms with Gasteiger partial charge < -0.3 is 19.5 Å². The molecule has 0 spiro atoms. The van der Waals surface area contributed by atoms with E-state index in [1.807, 2.05) is 37.3 Å². The van der Waals surface area contributed by atoms with Crippen molar-refractivity contribution in [1.82, 2.24) is 19.7 Å². The standard InChI is InChI=1S/C19H27N5O4S/c1-16(28-18-6-4-3-5-7-18)14-21-19(20-2)23-9-11-24(12-10-23)29(25,26)15-17-8-13-27-22-17/h3-8,13,16H,9-12,14-15H2,1-2H3,(H,20,21). The predicted octanol–water partition coefficient (Wildman–Crippen LogP) is 1.16. The van der Waals surface area contributed by atoms with Crippen LogP contribution in [0.5, 0.6) is 5.75 Å². The van der Waals surface area contributed by atoms with Gasteiger partial charge in [0.1, 0.15) is 23.9 Å². The van der Waals surface area contributed by atoms with Gasteiger partial charge in [0.25, 0.3) is 0 Å². The van der Waals surface area contributed by atoms with Gasteiger partial charge in [-0.15, -0.1) is 0 Å². The molecular weight excluding hydrogens is 394 g/mol. The number of piperazine rings is 1. The highest BCUT2D eigenvalue weighted by atomic mass is 32.2. The molecule has 2 aromatic rings. The molecule has 29 heavy (non-hydrogen) atoms. The zero-order chi connectivity index (χ0) is 20.7. The van der Waals surface area contributed by atoms with Crippen LogP contribution in [-0.4, -0.2) is 74.6 Å². The molecule has 1 aliphatic heterocycles. The fourth-order valence-electron chi connectivity index (χ4n) is 3.11. The molecule has 1 aliphatic rings. The van der Waals surface area contributed by atoms with Gasteiger partial charge in [0.05, 0.1) is 12.2 Å². The number of benzene rings is 1. The van der Waals surface area contributed by atoms with Crippen LogP contribution in [0.15, 0.2) is 52.2 Å². The van der Waals surface area contributed by atoms with Crippen molar-refractivity contribution in [1.29, 1.82) is 0 Å². The van der Waals surface area contributed by atoms with Gasteiger partial charge in [-0.3, -0.25) is 4.99 Å². The van der Waals surface area contributed by atoms with Crippen LogP contribution in [-0.2, 0) is 15.8 Å². The van der Waals surface area contributed by atoms with E-state index in [1.165, 1.54) is 10.6 Å². The van der Waals surface area contributed by atoms with Crippen molar-refractivity contribution < 1.29 is 17.7 Å². The second-order valence-electron chi connectivity index (χ2n) is 6.80. The average Bonchev–Trinajstić information content (AvgIpc) is 3.22. The van der Waals surface area contributed by atoms with Crippen molar-refractivity contribution in [2.45, 2.75) is 18.8 Å². The Bertz CT molecular complexity index is 879. The van der Waals surface area contributed by atoms with E-state index in [9.17, 15) is 8.42 Å². The molecule has 1 saturated heterocycles. The SMILES string of the molecule is CN=C(NCC(C)Oc1ccccc1)N1CCN(S(=O)(=O)Cc2ccon2)CC1. The first-order chi connectivity index (χ1) is 14.0. The second kappa shape index (κ2) is 9.75. The van der Waals surface area contributed by atoms with Crippen molar-refractivity contribution in [2.75, 3.05) is 39.8 Å². The zero-order valence-electron chi connectivity index (χ0n) is 16.7. The van der Waals surface area contributed by atoms with E-state index in [4.69, 9.17) is 9.26 Å². The van der Waals surface area contributed by atoms with E-state index >= 15 is 0 Å². The summed E-state index contributed by atoms with van der Waals surface area (Å²) in [5.74, 6) is 1.41. The van der Waals surface area contributed by atoms with Crippen molar-refractivity contribution in [3.05, 3.63) is 48.4 Å². The topological polar surface area (TPSA) is 100 Å². The predicted molar refractivity (Wildman–Crippen MR) is 110 cm³/mol. The minimum Gasteiger partial charge on any atom is -0.489 e. The number of para-hydroxylation sites is 1. The lowest BCUT2D eigenvalue weighted by molar-refractivity contribution is 0.218. The molecular formula is C19H27N5O4S. The number of nitrogens with one attached hydrogen (secondary N) is 1. The molecule has 1 unspecified atom stereocenters. The molecule has 1 aromatic heterocycles. The fourth-order valence-corrected chi connectivity index (χ4v) is 4.53. The molecule has 1 N–H and O–H groups in total. The van der Waals surface area contributed by atoms with Gasteiger partial charge in [-0.1, -0.05) is 23.4 Å². The Kier molecular flexibility index (Phi) is 7.10. The molecule has 9 nitrogen and oxygen atoms in total. The molecule has 0 saturated carbocycles. The number of aliphatic imine (C=N–C) groups is 1. The normalized spacial score (nSPS) is 17.2. The van der Waals surface area contributed by atoms with E-state index in [0.717, 1.165) is 11.7 Å². The van der Waals surface area contributed by atoms with Gasteiger partial charge in [0.15, 0.2) is 5.96 Å². The first-order valence-electron chi connectivity index (χ1n) is 9.52. The second-order valence-corrected chi connectivity index (χ2v) is 8.77. The Morgan fingerprint density at radius 3 is 2.59 bits per heavy atom. The van der Waals surface area contributed by atoms with Crippen molar-refractivity contribution in [3.63, 3.8) is 0 Å². The van der Waals surface area contributed by atoms with Crippen LogP contribution in [0.3, 0.4) is 0 Å². The van der Waals surface area contributed by atoms with Gasteiger partial charge in [-0.05, 0) is 19.1 Å². The molecule has 0 bridgehead atoms. The molecule has 10 heteroatoms. The maximum absolute atomic E-state index is 12.6. The van der Waals surface area contributed by atoms with Crippen LogP contribution in [0.1, 0.15) is 12.6 Å². The van der Waals surface area contributed by atoms with Gasteiger partial charge in [-0.2, -0.15) is 4.31 Å². The summed E-state index contributed by atoms with van der Waals surface area (Å²) in [5.41, 5.74) is 0.414.